The first-order valence-electron chi connectivity index (χ1n) is 15.3. The van der Waals surface area contributed by atoms with Crippen LogP contribution in [0.5, 0.6) is 0 Å². The van der Waals surface area contributed by atoms with E-state index in [4.69, 9.17) is 13.9 Å². The Morgan fingerprint density at radius 3 is 2.04 bits per heavy atom. The maximum absolute atomic E-state index is 13.0. The first-order valence-corrected chi connectivity index (χ1v) is 17.3. The zero-order valence-corrected chi connectivity index (χ0v) is 27.4. The van der Waals surface area contributed by atoms with E-state index in [1.165, 1.54) is 10.8 Å². The number of H-pyrrole nitrogens is 1. The molecule has 46 heavy (non-hydrogen) atoms. The number of rotatable bonds is 9. The van der Waals surface area contributed by atoms with Gasteiger partial charge in [0.25, 0.3) is 19.8 Å². The number of hydrogen-bond donors (Lipinski definition) is 2. The summed E-state index contributed by atoms with van der Waals surface area (Å²) in [6.07, 6.45) is -1.49. The molecule has 0 radical (unpaired) electrons. The van der Waals surface area contributed by atoms with E-state index in [9.17, 15) is 19.2 Å². The van der Waals surface area contributed by atoms with Crippen LogP contribution >= 0.6 is 0 Å². The van der Waals surface area contributed by atoms with Crippen LogP contribution in [-0.4, -0.2) is 48.7 Å². The molecule has 3 atom stereocenters. The van der Waals surface area contributed by atoms with Crippen LogP contribution < -0.4 is 26.9 Å². The molecule has 1 aliphatic rings. The van der Waals surface area contributed by atoms with Crippen LogP contribution in [0.4, 0.5) is 4.79 Å². The molecule has 0 unspecified atom stereocenters. The van der Waals surface area contributed by atoms with E-state index in [2.05, 4.69) is 55.3 Å². The number of imide groups is 1. The Balaban J connectivity index is 1.48. The SMILES string of the molecule is CCc1cn([C@H]2C[C@H](OC(=O)NC(=O)c3ccccc3)[C@@H](CO[Si](c3ccccc3)(c3ccccc3)C(C)(C)C)O2)c(=O)[nH]c1=O. The lowest BCUT2D eigenvalue weighted by molar-refractivity contribution is -0.0451. The monoisotopic (exact) mass is 641 g/mol. The van der Waals surface area contributed by atoms with E-state index in [0.717, 1.165) is 10.4 Å². The van der Waals surface area contributed by atoms with Crippen LogP contribution in [0.25, 0.3) is 0 Å². The van der Waals surface area contributed by atoms with Crippen molar-refractivity contribution >= 4 is 30.7 Å². The van der Waals surface area contributed by atoms with E-state index in [0.29, 0.717) is 17.5 Å². The van der Waals surface area contributed by atoms with Gasteiger partial charge in [0.1, 0.15) is 18.4 Å². The molecule has 0 aliphatic carbocycles. The molecule has 240 valence electrons. The van der Waals surface area contributed by atoms with Crippen molar-refractivity contribution in [2.75, 3.05) is 6.61 Å². The zero-order chi connectivity index (χ0) is 32.9. The summed E-state index contributed by atoms with van der Waals surface area (Å²) in [5, 5.41) is 4.09. The van der Waals surface area contributed by atoms with Crippen molar-refractivity contribution in [1.82, 2.24) is 14.9 Å². The van der Waals surface area contributed by atoms with Crippen LogP contribution in [-0.2, 0) is 20.3 Å². The minimum Gasteiger partial charge on any atom is -0.443 e. The van der Waals surface area contributed by atoms with Gasteiger partial charge in [0.2, 0.25) is 0 Å². The number of hydrogen-bond acceptors (Lipinski definition) is 7. The molecule has 0 saturated carbocycles. The molecule has 3 aromatic carbocycles. The van der Waals surface area contributed by atoms with Crippen molar-refractivity contribution in [2.24, 2.45) is 0 Å². The highest BCUT2D eigenvalue weighted by molar-refractivity contribution is 6.99. The van der Waals surface area contributed by atoms with Crippen LogP contribution in [0.1, 0.15) is 56.3 Å². The number of nitrogens with zero attached hydrogens (tertiary/aromatic N) is 1. The topological polar surface area (TPSA) is 129 Å². The van der Waals surface area contributed by atoms with Crippen molar-refractivity contribution in [3.63, 3.8) is 0 Å². The standard InChI is InChI=1S/C35H39N3O7Si/c1-5-24-22-38(33(41)36-31(24)39)30-21-28(45-34(42)37-32(40)25-15-9-6-10-16-25)29(44-30)23-43-46(35(2,3)4,26-17-11-7-12-18-26)27-19-13-8-14-20-27/h6-20,22,28-30H,5,21,23H2,1-4H3,(H,36,39,41)(H,37,40,42)/t28-,29+,30+/m0/s1. The number of benzene rings is 3. The van der Waals surface area contributed by atoms with Gasteiger partial charge in [0, 0.05) is 23.7 Å². The number of ether oxygens (including phenoxy) is 2. The minimum absolute atomic E-state index is 0.0348. The van der Waals surface area contributed by atoms with Crippen LogP contribution in [0.3, 0.4) is 0 Å². The third-order valence-corrected chi connectivity index (χ3v) is 13.3. The van der Waals surface area contributed by atoms with E-state index in [-0.39, 0.29) is 18.1 Å². The molecule has 1 saturated heterocycles. The number of aryl methyl sites for hydroxylation is 1. The second-order valence-electron chi connectivity index (χ2n) is 12.3. The third-order valence-electron chi connectivity index (χ3n) is 8.30. The lowest BCUT2D eigenvalue weighted by Gasteiger charge is -2.43. The molecule has 11 heteroatoms. The second-order valence-corrected chi connectivity index (χ2v) is 16.6. The molecule has 0 bridgehead atoms. The largest absolute Gasteiger partial charge is 0.443 e. The second kappa shape index (κ2) is 13.8. The molecule has 2 amide bonds. The van der Waals surface area contributed by atoms with Gasteiger partial charge in [-0.15, -0.1) is 0 Å². The molecule has 1 aromatic heterocycles. The number of aromatic amines is 1. The van der Waals surface area contributed by atoms with Crippen LogP contribution in [0.2, 0.25) is 5.04 Å². The van der Waals surface area contributed by atoms with E-state index in [1.807, 2.05) is 43.3 Å². The van der Waals surface area contributed by atoms with Crippen LogP contribution in [0.15, 0.2) is 107 Å². The Bertz CT molecular complexity index is 1730. The summed E-state index contributed by atoms with van der Waals surface area (Å²) in [6.45, 7) is 8.31. The zero-order valence-electron chi connectivity index (χ0n) is 26.4. The molecule has 5 rings (SSSR count). The van der Waals surface area contributed by atoms with Gasteiger partial charge in [0.05, 0.1) is 6.61 Å². The fourth-order valence-electron chi connectivity index (χ4n) is 6.03. The summed E-state index contributed by atoms with van der Waals surface area (Å²) in [4.78, 5) is 53.2. The molecular formula is C35H39N3O7Si. The summed E-state index contributed by atoms with van der Waals surface area (Å²) in [5.41, 5.74) is -0.375. The predicted octanol–water partition coefficient (Wildman–Crippen LogP) is 3.90. The summed E-state index contributed by atoms with van der Waals surface area (Å²) < 4.78 is 20.6. The number of aromatic nitrogens is 2. The Morgan fingerprint density at radius 2 is 1.50 bits per heavy atom. The van der Waals surface area contributed by atoms with Gasteiger partial charge in [-0.3, -0.25) is 24.5 Å². The van der Waals surface area contributed by atoms with Crippen molar-refractivity contribution in [3.05, 3.63) is 129 Å². The van der Waals surface area contributed by atoms with Gasteiger partial charge in [-0.25, -0.2) is 9.59 Å². The first kappa shape index (κ1) is 32.8. The Morgan fingerprint density at radius 1 is 0.935 bits per heavy atom. The van der Waals surface area contributed by atoms with Crippen molar-refractivity contribution in [3.8, 4) is 0 Å². The number of carbonyl (C=O) groups excluding carboxylic acids is 2. The highest BCUT2D eigenvalue weighted by Crippen LogP contribution is 2.38. The van der Waals surface area contributed by atoms with Gasteiger partial charge in [-0.2, -0.15) is 0 Å². The Kier molecular flexibility index (Phi) is 9.85. The first-order chi connectivity index (χ1) is 22.0. The molecular weight excluding hydrogens is 602 g/mol. The van der Waals surface area contributed by atoms with E-state index < -0.39 is 50.0 Å². The molecule has 2 N–H and O–H groups in total. The molecule has 2 heterocycles. The Labute approximate surface area is 268 Å². The van der Waals surface area contributed by atoms with Crippen molar-refractivity contribution in [1.29, 1.82) is 0 Å². The van der Waals surface area contributed by atoms with Crippen molar-refractivity contribution in [2.45, 2.75) is 64.0 Å². The Hall–Kier alpha value is -4.58. The number of amides is 2. The number of carbonyl (C=O) groups is 2. The molecule has 4 aromatic rings. The minimum atomic E-state index is -3.00. The van der Waals surface area contributed by atoms with E-state index in [1.54, 1.807) is 30.3 Å². The lowest BCUT2D eigenvalue weighted by Crippen LogP contribution is -2.67. The van der Waals surface area contributed by atoms with Gasteiger partial charge in [0.15, 0.2) is 0 Å². The van der Waals surface area contributed by atoms with Crippen molar-refractivity contribution < 1.29 is 23.5 Å². The highest BCUT2D eigenvalue weighted by atomic mass is 28.4. The third kappa shape index (κ3) is 6.81. The molecule has 10 nitrogen and oxygen atoms in total. The summed E-state index contributed by atoms with van der Waals surface area (Å²) in [6, 6.07) is 28.5. The van der Waals surface area contributed by atoms with Gasteiger partial charge in [-0.05, 0) is 34.0 Å². The molecule has 1 fully saturated rings. The summed E-state index contributed by atoms with van der Waals surface area (Å²) >= 11 is 0. The smallest absolute Gasteiger partial charge is 0.414 e. The highest BCUT2D eigenvalue weighted by Gasteiger charge is 2.51. The molecule has 0 spiro atoms. The quantitative estimate of drug-likeness (QED) is 0.265. The van der Waals surface area contributed by atoms with Gasteiger partial charge < -0.3 is 13.9 Å². The normalized spacial score (nSPS) is 18.2. The average Bonchev–Trinajstić information content (AvgIpc) is 3.44. The number of alkyl carbamates (subject to hydrolysis) is 1. The maximum atomic E-state index is 13.0. The fourth-order valence-corrected chi connectivity index (χ4v) is 10.6. The maximum Gasteiger partial charge on any atom is 0.414 e. The van der Waals surface area contributed by atoms with Crippen LogP contribution in [0, 0.1) is 0 Å². The summed E-state index contributed by atoms with van der Waals surface area (Å²) in [5.74, 6) is -0.606. The van der Waals surface area contributed by atoms with Gasteiger partial charge in [-0.1, -0.05) is 107 Å². The predicted molar refractivity (Wildman–Crippen MR) is 177 cm³/mol. The van der Waals surface area contributed by atoms with E-state index >= 15 is 0 Å². The lowest BCUT2D eigenvalue weighted by atomic mass is 10.2. The molecule has 1 aliphatic heterocycles. The summed E-state index contributed by atoms with van der Waals surface area (Å²) in [7, 11) is -3.00. The average molecular weight is 642 g/mol. The van der Waals surface area contributed by atoms with Gasteiger partial charge >= 0.3 is 11.8 Å². The fraction of sp³-hybridized carbons (Fsp3) is 0.314. The number of nitrogens with one attached hydrogen (secondary N) is 2.